The molecule has 3 nitrogen and oxygen atoms in total. The summed E-state index contributed by atoms with van der Waals surface area (Å²) in [6.45, 7) is 10.4. The Bertz CT molecular complexity index is 371. The van der Waals surface area contributed by atoms with Crippen LogP contribution in [0.25, 0.3) is 0 Å². The van der Waals surface area contributed by atoms with E-state index >= 15 is 0 Å². The van der Waals surface area contributed by atoms with Gasteiger partial charge < -0.3 is 15.0 Å². The smallest absolute Gasteiger partial charge is 0.403 e. The van der Waals surface area contributed by atoms with Gasteiger partial charge in [0.25, 0.3) is 0 Å². The topological polar surface area (TPSA) is 44.5 Å². The van der Waals surface area contributed by atoms with Crippen LogP contribution in [0.3, 0.4) is 0 Å². The quantitative estimate of drug-likeness (QED) is 0.710. The lowest BCUT2D eigenvalue weighted by Gasteiger charge is -2.32. The molecule has 1 heterocycles. The molecule has 2 rings (SSSR count). The molecule has 2 aliphatic rings. The molecule has 0 radical (unpaired) electrons. The van der Waals surface area contributed by atoms with E-state index in [1.807, 2.05) is 12.2 Å². The molecule has 17 heavy (non-hydrogen) atoms. The number of hydrogen-bond donors (Lipinski definition) is 1. The highest BCUT2D eigenvalue weighted by molar-refractivity contribution is 6.50. The fraction of sp³-hybridized carbons (Fsp3) is 0.692. The highest BCUT2D eigenvalue weighted by atomic mass is 16.7. The summed E-state index contributed by atoms with van der Waals surface area (Å²) in [4.78, 5) is 0. The third-order valence-corrected chi connectivity index (χ3v) is 4.16. The summed E-state index contributed by atoms with van der Waals surface area (Å²) in [5.41, 5.74) is 6.22. The lowest BCUT2D eigenvalue weighted by atomic mass is 9.55. The molecule has 0 bridgehead atoms. The Morgan fingerprint density at radius 1 is 1.12 bits per heavy atom. The van der Waals surface area contributed by atoms with Crippen LogP contribution < -0.4 is 5.73 Å². The Balaban J connectivity index is 2.22. The van der Waals surface area contributed by atoms with Gasteiger partial charge in [0.2, 0.25) is 0 Å². The lowest BCUT2D eigenvalue weighted by Crippen LogP contribution is -2.41. The van der Waals surface area contributed by atoms with Gasteiger partial charge in [0, 0.05) is 11.0 Å². The molecule has 1 atom stereocenters. The van der Waals surface area contributed by atoms with E-state index in [2.05, 4.69) is 40.7 Å². The normalized spacial score (nSPS) is 34.9. The van der Waals surface area contributed by atoms with Crippen LogP contribution in [-0.2, 0) is 9.31 Å². The standard InChI is InChI=1S/C13H22BNO2/c1-11(2)12(3,4)17-14(16-11)13(5)8-6-7-10(15)9-13/h6-8H,9,15H2,1-5H3. The van der Waals surface area contributed by atoms with E-state index in [1.165, 1.54) is 0 Å². The highest BCUT2D eigenvalue weighted by Crippen LogP contribution is 2.49. The molecule has 2 N–H and O–H groups in total. The van der Waals surface area contributed by atoms with Gasteiger partial charge in [-0.15, -0.1) is 0 Å². The van der Waals surface area contributed by atoms with Gasteiger partial charge in [-0.2, -0.15) is 0 Å². The first-order valence-corrected chi connectivity index (χ1v) is 6.16. The van der Waals surface area contributed by atoms with Crippen molar-refractivity contribution in [2.75, 3.05) is 0 Å². The fourth-order valence-electron chi connectivity index (χ4n) is 2.22. The van der Waals surface area contributed by atoms with E-state index in [0.29, 0.717) is 0 Å². The number of rotatable bonds is 1. The van der Waals surface area contributed by atoms with Gasteiger partial charge in [-0.1, -0.05) is 19.1 Å². The summed E-state index contributed by atoms with van der Waals surface area (Å²) in [7, 11) is -0.240. The third-order valence-electron chi connectivity index (χ3n) is 4.16. The molecular weight excluding hydrogens is 213 g/mol. The van der Waals surface area contributed by atoms with Gasteiger partial charge in [-0.25, -0.2) is 0 Å². The Morgan fingerprint density at radius 3 is 2.12 bits per heavy atom. The van der Waals surface area contributed by atoms with E-state index in [1.54, 1.807) is 0 Å². The Kier molecular flexibility index (Phi) is 2.71. The van der Waals surface area contributed by atoms with Crippen LogP contribution in [0, 0.1) is 0 Å². The second kappa shape index (κ2) is 3.63. The minimum atomic E-state index is -0.287. The lowest BCUT2D eigenvalue weighted by molar-refractivity contribution is 0.00578. The van der Waals surface area contributed by atoms with Gasteiger partial charge in [0.15, 0.2) is 0 Å². The van der Waals surface area contributed by atoms with Crippen LogP contribution in [0.4, 0.5) is 0 Å². The van der Waals surface area contributed by atoms with Crippen LogP contribution in [-0.4, -0.2) is 18.3 Å². The number of nitrogens with two attached hydrogens (primary N) is 1. The molecule has 0 aromatic heterocycles. The van der Waals surface area contributed by atoms with Crippen LogP contribution in [0.1, 0.15) is 41.0 Å². The van der Waals surface area contributed by atoms with Gasteiger partial charge in [0.05, 0.1) is 11.2 Å². The van der Waals surface area contributed by atoms with Gasteiger partial charge in [0.1, 0.15) is 0 Å². The first kappa shape index (κ1) is 12.7. The van der Waals surface area contributed by atoms with Crippen LogP contribution in [0.5, 0.6) is 0 Å². The molecule has 0 aromatic rings. The molecule has 0 aromatic carbocycles. The van der Waals surface area contributed by atoms with Crippen molar-refractivity contribution in [2.45, 2.75) is 57.6 Å². The van der Waals surface area contributed by atoms with Gasteiger partial charge in [-0.05, 0) is 40.2 Å². The van der Waals surface area contributed by atoms with Crippen molar-refractivity contribution < 1.29 is 9.31 Å². The summed E-state index contributed by atoms with van der Waals surface area (Å²) in [6, 6.07) is 0. The molecule has 1 aliphatic heterocycles. The monoisotopic (exact) mass is 235 g/mol. The molecule has 1 aliphatic carbocycles. The zero-order chi connectivity index (χ0) is 12.9. The van der Waals surface area contributed by atoms with Gasteiger partial charge >= 0.3 is 7.12 Å². The fourth-order valence-corrected chi connectivity index (χ4v) is 2.22. The minimum absolute atomic E-state index is 0.177. The van der Waals surface area contributed by atoms with Crippen molar-refractivity contribution in [3.63, 3.8) is 0 Å². The maximum atomic E-state index is 6.10. The van der Waals surface area contributed by atoms with Gasteiger partial charge in [-0.3, -0.25) is 0 Å². The zero-order valence-electron chi connectivity index (χ0n) is 11.4. The number of hydrogen-bond acceptors (Lipinski definition) is 3. The molecule has 0 amide bonds. The number of allylic oxidation sites excluding steroid dienone is 4. The second-order valence-corrected chi connectivity index (χ2v) is 6.37. The molecule has 0 saturated carbocycles. The summed E-state index contributed by atoms with van der Waals surface area (Å²) >= 11 is 0. The van der Waals surface area contributed by atoms with E-state index in [9.17, 15) is 0 Å². The van der Waals surface area contributed by atoms with Crippen molar-refractivity contribution in [1.82, 2.24) is 0 Å². The molecule has 94 valence electrons. The van der Waals surface area contributed by atoms with Crippen molar-refractivity contribution in [1.29, 1.82) is 0 Å². The Hall–Kier alpha value is -0.735. The summed E-state index contributed by atoms with van der Waals surface area (Å²) in [5, 5.41) is -0.177. The van der Waals surface area contributed by atoms with E-state index in [4.69, 9.17) is 15.0 Å². The Labute approximate surface area is 104 Å². The van der Waals surface area contributed by atoms with Crippen LogP contribution in [0.2, 0.25) is 5.31 Å². The SMILES string of the molecule is CC1(B2OC(C)(C)C(C)(C)O2)C=CC=C(N)C1. The first-order chi connectivity index (χ1) is 7.66. The van der Waals surface area contributed by atoms with Crippen molar-refractivity contribution in [3.8, 4) is 0 Å². The van der Waals surface area contributed by atoms with Crippen molar-refractivity contribution in [3.05, 3.63) is 23.9 Å². The molecular formula is C13H22BNO2. The Morgan fingerprint density at radius 2 is 1.65 bits per heavy atom. The van der Waals surface area contributed by atoms with E-state index in [-0.39, 0.29) is 23.6 Å². The predicted octanol–water partition coefficient (Wildman–Crippen LogP) is 2.64. The van der Waals surface area contributed by atoms with E-state index < -0.39 is 0 Å². The zero-order valence-corrected chi connectivity index (χ0v) is 11.4. The average Bonchev–Trinajstić information content (AvgIpc) is 2.36. The third kappa shape index (κ3) is 2.04. The molecule has 4 heteroatoms. The molecule has 1 fully saturated rings. The van der Waals surface area contributed by atoms with Crippen molar-refractivity contribution >= 4 is 7.12 Å². The molecule has 1 unspecified atom stereocenters. The maximum absolute atomic E-state index is 6.10. The predicted molar refractivity (Wildman–Crippen MR) is 70.5 cm³/mol. The average molecular weight is 235 g/mol. The summed E-state index contributed by atoms with van der Waals surface area (Å²) < 4.78 is 12.2. The van der Waals surface area contributed by atoms with Crippen molar-refractivity contribution in [2.24, 2.45) is 5.73 Å². The first-order valence-electron chi connectivity index (χ1n) is 6.16. The minimum Gasteiger partial charge on any atom is -0.403 e. The second-order valence-electron chi connectivity index (χ2n) is 6.37. The van der Waals surface area contributed by atoms with E-state index in [0.717, 1.165) is 12.1 Å². The molecule has 0 spiro atoms. The molecule has 1 saturated heterocycles. The highest BCUT2D eigenvalue weighted by Gasteiger charge is 2.57. The maximum Gasteiger partial charge on any atom is 0.468 e. The summed E-state index contributed by atoms with van der Waals surface area (Å²) in [5.74, 6) is 0. The van der Waals surface area contributed by atoms with Crippen LogP contribution >= 0.6 is 0 Å². The largest absolute Gasteiger partial charge is 0.468 e. The summed E-state index contributed by atoms with van der Waals surface area (Å²) in [6.07, 6.45) is 6.84. The van der Waals surface area contributed by atoms with Crippen LogP contribution in [0.15, 0.2) is 23.9 Å².